The summed E-state index contributed by atoms with van der Waals surface area (Å²) in [5.41, 5.74) is 1.74. The molecule has 1 aromatic rings. The third-order valence-electron chi connectivity index (χ3n) is 3.52. The number of anilines is 1. The first kappa shape index (κ1) is 13.9. The Balaban J connectivity index is 2.36. The maximum atomic E-state index is 11.5. The number of aromatic carboxylic acids is 1. The number of carboxylic acid groups (broad SMARTS) is 1. The normalized spacial score (nSPS) is 21.3. The minimum absolute atomic E-state index is 0.0938. The molecule has 1 atom stereocenters. The van der Waals surface area contributed by atoms with Crippen molar-refractivity contribution in [2.24, 2.45) is 0 Å². The van der Waals surface area contributed by atoms with Gasteiger partial charge in [0.2, 0.25) is 0 Å². The largest absolute Gasteiger partial charge is 0.478 e. The minimum atomic E-state index is -2.98. The molecule has 1 aliphatic rings. The summed E-state index contributed by atoms with van der Waals surface area (Å²) in [5, 5.41) is 9.21. The molecule has 0 radical (unpaired) electrons. The van der Waals surface area contributed by atoms with E-state index in [1.807, 2.05) is 6.92 Å². The summed E-state index contributed by atoms with van der Waals surface area (Å²) in [4.78, 5) is 13.0. The van der Waals surface area contributed by atoms with Gasteiger partial charge in [0.15, 0.2) is 9.84 Å². The Kier molecular flexibility index (Phi) is 3.54. The van der Waals surface area contributed by atoms with Crippen molar-refractivity contribution in [1.29, 1.82) is 0 Å². The van der Waals surface area contributed by atoms with Crippen LogP contribution >= 0.6 is 0 Å². The van der Waals surface area contributed by atoms with Gasteiger partial charge in [0, 0.05) is 13.1 Å². The first-order valence-corrected chi connectivity index (χ1v) is 7.89. The van der Waals surface area contributed by atoms with E-state index in [0.717, 1.165) is 5.56 Å². The molecule has 1 N–H and O–H groups in total. The predicted octanol–water partition coefficient (Wildman–Crippen LogP) is 1.32. The average Bonchev–Trinajstić information content (AvgIpc) is 2.68. The standard InChI is InChI=1S/C13H17NO4S/c1-9-3-4-11(13(15)16)12(7-9)14(2)10-5-6-19(17,18)8-10/h3-4,7,10H,5-6,8H2,1-2H3,(H,15,16). The topological polar surface area (TPSA) is 74.7 Å². The monoisotopic (exact) mass is 283 g/mol. The van der Waals surface area contributed by atoms with Crippen molar-refractivity contribution < 1.29 is 18.3 Å². The minimum Gasteiger partial charge on any atom is -0.478 e. The molecule has 1 unspecified atom stereocenters. The van der Waals surface area contributed by atoms with Gasteiger partial charge in [-0.3, -0.25) is 0 Å². The summed E-state index contributed by atoms with van der Waals surface area (Å²) in [6, 6.07) is 4.94. The van der Waals surface area contributed by atoms with Crippen LogP contribution in [0, 0.1) is 6.92 Å². The van der Waals surface area contributed by atoms with Crippen molar-refractivity contribution in [3.63, 3.8) is 0 Å². The number of hydrogen-bond acceptors (Lipinski definition) is 4. The fourth-order valence-corrected chi connectivity index (χ4v) is 4.17. The second-order valence-corrected chi connectivity index (χ2v) is 7.22. The van der Waals surface area contributed by atoms with Gasteiger partial charge >= 0.3 is 5.97 Å². The molecule has 19 heavy (non-hydrogen) atoms. The summed E-state index contributed by atoms with van der Waals surface area (Å²) >= 11 is 0. The molecule has 0 saturated carbocycles. The molecule has 1 fully saturated rings. The SMILES string of the molecule is Cc1ccc(C(=O)O)c(N(C)C2CCS(=O)(=O)C2)c1. The van der Waals surface area contributed by atoms with E-state index in [1.54, 1.807) is 30.1 Å². The fraction of sp³-hybridized carbons (Fsp3) is 0.462. The van der Waals surface area contributed by atoms with Crippen molar-refractivity contribution in [1.82, 2.24) is 0 Å². The van der Waals surface area contributed by atoms with Gasteiger partial charge in [0.05, 0.1) is 22.8 Å². The van der Waals surface area contributed by atoms with Gasteiger partial charge in [-0.05, 0) is 31.0 Å². The van der Waals surface area contributed by atoms with E-state index in [-0.39, 0.29) is 23.1 Å². The molecule has 6 heteroatoms. The summed E-state index contributed by atoms with van der Waals surface area (Å²) in [6.07, 6.45) is 0.547. The molecule has 104 valence electrons. The van der Waals surface area contributed by atoms with Crippen LogP contribution in [-0.4, -0.2) is 44.1 Å². The van der Waals surface area contributed by atoms with Crippen LogP contribution in [-0.2, 0) is 9.84 Å². The summed E-state index contributed by atoms with van der Waals surface area (Å²) in [7, 11) is -1.22. The molecule has 1 aliphatic heterocycles. The molecule has 0 amide bonds. The Morgan fingerprint density at radius 1 is 1.42 bits per heavy atom. The lowest BCUT2D eigenvalue weighted by atomic mass is 10.1. The second kappa shape index (κ2) is 4.85. The van der Waals surface area contributed by atoms with E-state index < -0.39 is 15.8 Å². The van der Waals surface area contributed by atoms with Crippen molar-refractivity contribution in [2.45, 2.75) is 19.4 Å². The number of hydrogen-bond donors (Lipinski definition) is 1. The molecule has 0 bridgehead atoms. The predicted molar refractivity (Wildman–Crippen MR) is 73.6 cm³/mol. The van der Waals surface area contributed by atoms with Gasteiger partial charge in [-0.2, -0.15) is 0 Å². The molecule has 0 spiro atoms. The summed E-state index contributed by atoms with van der Waals surface area (Å²) in [5.74, 6) is -0.727. The zero-order chi connectivity index (χ0) is 14.2. The van der Waals surface area contributed by atoms with Gasteiger partial charge in [0.1, 0.15) is 0 Å². The number of benzene rings is 1. The Hall–Kier alpha value is -1.56. The maximum absolute atomic E-state index is 11.5. The average molecular weight is 283 g/mol. The van der Waals surface area contributed by atoms with Crippen molar-refractivity contribution >= 4 is 21.5 Å². The zero-order valence-corrected chi connectivity index (χ0v) is 11.8. The first-order valence-electron chi connectivity index (χ1n) is 6.07. The first-order chi connectivity index (χ1) is 8.80. The fourth-order valence-electron chi connectivity index (χ4n) is 2.39. The molecule has 0 aromatic heterocycles. The van der Waals surface area contributed by atoms with E-state index in [1.165, 1.54) is 0 Å². The lowest BCUT2D eigenvalue weighted by Gasteiger charge is -2.27. The summed E-state index contributed by atoms with van der Waals surface area (Å²) < 4.78 is 23.0. The second-order valence-electron chi connectivity index (χ2n) is 4.99. The smallest absolute Gasteiger partial charge is 0.337 e. The Bertz CT molecular complexity index is 609. The van der Waals surface area contributed by atoms with E-state index in [2.05, 4.69) is 0 Å². The van der Waals surface area contributed by atoms with Gasteiger partial charge in [-0.15, -0.1) is 0 Å². The lowest BCUT2D eigenvalue weighted by Crippen LogP contribution is -2.33. The Morgan fingerprint density at radius 2 is 2.11 bits per heavy atom. The third-order valence-corrected chi connectivity index (χ3v) is 5.27. The van der Waals surface area contributed by atoms with Gasteiger partial charge in [0.25, 0.3) is 0 Å². The number of nitrogens with zero attached hydrogens (tertiary/aromatic N) is 1. The third kappa shape index (κ3) is 2.89. The van der Waals surface area contributed by atoms with Crippen LogP contribution in [0.4, 0.5) is 5.69 Å². The van der Waals surface area contributed by atoms with E-state index in [9.17, 15) is 18.3 Å². The van der Waals surface area contributed by atoms with Gasteiger partial charge in [-0.25, -0.2) is 13.2 Å². The number of carboxylic acids is 1. The zero-order valence-electron chi connectivity index (χ0n) is 11.0. The highest BCUT2D eigenvalue weighted by Gasteiger charge is 2.32. The number of carbonyl (C=O) groups is 1. The molecule has 1 heterocycles. The highest BCUT2D eigenvalue weighted by molar-refractivity contribution is 7.91. The maximum Gasteiger partial charge on any atom is 0.337 e. The van der Waals surface area contributed by atoms with Crippen molar-refractivity contribution in [3.8, 4) is 0 Å². The Labute approximate surface area is 112 Å². The summed E-state index contributed by atoms with van der Waals surface area (Å²) in [6.45, 7) is 1.88. The number of rotatable bonds is 3. The molecular weight excluding hydrogens is 266 g/mol. The molecule has 2 rings (SSSR count). The van der Waals surface area contributed by atoms with E-state index in [4.69, 9.17) is 0 Å². The number of sulfone groups is 1. The quantitative estimate of drug-likeness (QED) is 0.905. The Morgan fingerprint density at radius 3 is 2.63 bits per heavy atom. The molecule has 0 aliphatic carbocycles. The van der Waals surface area contributed by atoms with Crippen LogP contribution in [0.2, 0.25) is 0 Å². The number of aryl methyl sites for hydroxylation is 1. The van der Waals surface area contributed by atoms with Crippen molar-refractivity contribution in [3.05, 3.63) is 29.3 Å². The van der Waals surface area contributed by atoms with Crippen LogP contribution in [0.25, 0.3) is 0 Å². The van der Waals surface area contributed by atoms with Crippen LogP contribution in [0.3, 0.4) is 0 Å². The molecule has 5 nitrogen and oxygen atoms in total. The lowest BCUT2D eigenvalue weighted by molar-refractivity contribution is 0.0697. The molecule has 1 aromatic carbocycles. The highest BCUT2D eigenvalue weighted by Crippen LogP contribution is 2.27. The molecular formula is C13H17NO4S. The van der Waals surface area contributed by atoms with E-state index in [0.29, 0.717) is 12.1 Å². The van der Waals surface area contributed by atoms with Crippen LogP contribution in [0.1, 0.15) is 22.3 Å². The highest BCUT2D eigenvalue weighted by atomic mass is 32.2. The van der Waals surface area contributed by atoms with Gasteiger partial charge < -0.3 is 10.0 Å². The van der Waals surface area contributed by atoms with Crippen LogP contribution < -0.4 is 4.90 Å². The van der Waals surface area contributed by atoms with E-state index >= 15 is 0 Å². The van der Waals surface area contributed by atoms with Crippen LogP contribution in [0.5, 0.6) is 0 Å². The van der Waals surface area contributed by atoms with Crippen molar-refractivity contribution in [2.75, 3.05) is 23.5 Å². The van der Waals surface area contributed by atoms with Gasteiger partial charge in [-0.1, -0.05) is 6.07 Å². The van der Waals surface area contributed by atoms with Crippen LogP contribution in [0.15, 0.2) is 18.2 Å². The molecule has 1 saturated heterocycles.